The first-order chi connectivity index (χ1) is 21.1. The Kier molecular flexibility index (Phi) is 5.05. The Bertz CT molecular complexity index is 2400. The highest BCUT2D eigenvalue weighted by molar-refractivity contribution is 6.26. The second kappa shape index (κ2) is 8.90. The highest BCUT2D eigenvalue weighted by Crippen LogP contribution is 2.52. The van der Waals surface area contributed by atoms with E-state index in [9.17, 15) is 0 Å². The first-order valence-corrected chi connectivity index (χ1v) is 15.2. The van der Waals surface area contributed by atoms with Crippen LogP contribution >= 0.6 is 0 Å². The zero-order chi connectivity index (χ0) is 28.7. The van der Waals surface area contributed by atoms with Crippen LogP contribution in [0, 0.1) is 0 Å². The second-order valence-corrected chi connectivity index (χ2v) is 12.5. The van der Waals surface area contributed by atoms with Crippen LogP contribution in [-0.2, 0) is 5.41 Å². The second-order valence-electron chi connectivity index (χ2n) is 12.5. The smallest absolute Gasteiger partial charge is 0.0159 e. The highest BCUT2D eigenvalue weighted by atomic mass is 14.4. The van der Waals surface area contributed by atoms with Gasteiger partial charge in [0.25, 0.3) is 0 Å². The van der Waals surface area contributed by atoms with Gasteiger partial charge in [-0.2, -0.15) is 0 Å². The molecule has 0 heteroatoms. The minimum absolute atomic E-state index is 0.00233. The van der Waals surface area contributed by atoms with Gasteiger partial charge in [0, 0.05) is 5.41 Å². The third-order valence-electron chi connectivity index (χ3n) is 9.86. The fourth-order valence-corrected chi connectivity index (χ4v) is 7.76. The lowest BCUT2D eigenvalue weighted by molar-refractivity contribution is 0.660. The molecule has 9 rings (SSSR count). The Labute approximate surface area is 251 Å². The quantitative estimate of drug-likeness (QED) is 0.189. The maximum absolute atomic E-state index is 2.39. The van der Waals surface area contributed by atoms with Crippen LogP contribution < -0.4 is 0 Å². The molecule has 0 aromatic heterocycles. The van der Waals surface area contributed by atoms with Crippen molar-refractivity contribution in [2.24, 2.45) is 0 Å². The van der Waals surface area contributed by atoms with Crippen molar-refractivity contribution in [3.8, 4) is 33.4 Å². The Morgan fingerprint density at radius 3 is 1.79 bits per heavy atom. The number of hydrogen-bond donors (Lipinski definition) is 0. The van der Waals surface area contributed by atoms with Gasteiger partial charge in [0.2, 0.25) is 0 Å². The van der Waals surface area contributed by atoms with Crippen LogP contribution in [0.2, 0.25) is 0 Å². The molecular formula is C43H30. The summed E-state index contributed by atoms with van der Waals surface area (Å²) < 4.78 is 0. The van der Waals surface area contributed by atoms with Gasteiger partial charge in [-0.25, -0.2) is 0 Å². The Morgan fingerprint density at radius 2 is 0.953 bits per heavy atom. The van der Waals surface area contributed by atoms with Gasteiger partial charge in [-0.05, 0) is 93.7 Å². The lowest BCUT2D eigenvalue weighted by Crippen LogP contribution is -2.14. The first kappa shape index (κ1) is 24.4. The summed E-state index contributed by atoms with van der Waals surface area (Å²) in [5.41, 5.74) is 10.7. The highest BCUT2D eigenvalue weighted by Gasteiger charge is 2.36. The van der Waals surface area contributed by atoms with Gasteiger partial charge in [-0.3, -0.25) is 0 Å². The molecule has 1 aliphatic carbocycles. The van der Waals surface area contributed by atoms with Gasteiger partial charge in [0.05, 0.1) is 0 Å². The molecule has 8 aromatic carbocycles. The van der Waals surface area contributed by atoms with Gasteiger partial charge < -0.3 is 0 Å². The van der Waals surface area contributed by atoms with E-state index in [4.69, 9.17) is 0 Å². The fraction of sp³-hybridized carbons (Fsp3) is 0.0698. The Balaban J connectivity index is 1.22. The molecule has 0 amide bonds. The molecule has 202 valence electrons. The predicted octanol–water partition coefficient (Wildman–Crippen LogP) is 11.9. The molecule has 0 saturated carbocycles. The monoisotopic (exact) mass is 546 g/mol. The molecule has 0 heterocycles. The lowest BCUT2D eigenvalue weighted by atomic mass is 9.82. The van der Waals surface area contributed by atoms with Gasteiger partial charge in [0.1, 0.15) is 0 Å². The molecule has 1 aliphatic rings. The van der Waals surface area contributed by atoms with Crippen molar-refractivity contribution in [3.63, 3.8) is 0 Å². The zero-order valence-corrected chi connectivity index (χ0v) is 24.4. The summed E-state index contributed by atoms with van der Waals surface area (Å²) in [6, 6.07) is 54.1. The molecule has 0 bridgehead atoms. The van der Waals surface area contributed by atoms with Gasteiger partial charge in [0.15, 0.2) is 0 Å². The van der Waals surface area contributed by atoms with Crippen LogP contribution in [0.3, 0.4) is 0 Å². The van der Waals surface area contributed by atoms with Crippen molar-refractivity contribution >= 4 is 43.1 Å². The van der Waals surface area contributed by atoms with E-state index in [1.807, 2.05) is 0 Å². The van der Waals surface area contributed by atoms with Crippen molar-refractivity contribution in [2.75, 3.05) is 0 Å². The van der Waals surface area contributed by atoms with Crippen molar-refractivity contribution in [3.05, 3.63) is 157 Å². The molecule has 43 heavy (non-hydrogen) atoms. The van der Waals surface area contributed by atoms with E-state index >= 15 is 0 Å². The van der Waals surface area contributed by atoms with E-state index in [-0.39, 0.29) is 5.41 Å². The molecule has 0 spiro atoms. The Hall–Kier alpha value is -5.20. The lowest BCUT2D eigenvalue weighted by Gasteiger charge is -2.21. The molecule has 0 nitrogen and oxygen atoms in total. The predicted molar refractivity (Wildman–Crippen MR) is 185 cm³/mol. The summed E-state index contributed by atoms with van der Waals surface area (Å²) in [6.45, 7) is 4.70. The molecule has 0 saturated heterocycles. The number of rotatable bonds is 2. The molecule has 0 radical (unpaired) electrons. The molecule has 0 N–H and O–H groups in total. The Morgan fingerprint density at radius 1 is 0.372 bits per heavy atom. The average Bonchev–Trinajstić information content (AvgIpc) is 3.30. The maximum atomic E-state index is 2.39. The van der Waals surface area contributed by atoms with Crippen LogP contribution in [0.15, 0.2) is 146 Å². The molecule has 0 fully saturated rings. The van der Waals surface area contributed by atoms with Crippen LogP contribution in [-0.4, -0.2) is 0 Å². The van der Waals surface area contributed by atoms with Gasteiger partial charge in [-0.15, -0.1) is 0 Å². The van der Waals surface area contributed by atoms with E-state index in [0.29, 0.717) is 0 Å². The van der Waals surface area contributed by atoms with E-state index in [2.05, 4.69) is 159 Å². The molecule has 0 atom stereocenters. The van der Waals surface area contributed by atoms with Crippen LogP contribution in [0.5, 0.6) is 0 Å². The van der Waals surface area contributed by atoms with E-state index < -0.39 is 0 Å². The number of hydrogen-bond acceptors (Lipinski definition) is 0. The standard InChI is InChI=1S/C43H30/c1-43(2)39-16-8-7-14-37(39)42-32(15-9-17-40(42)43)28-18-20-29(21-19-28)38-26-30-23-24-34-31-11-4-3-10-27(31)22-25-36(34)41(30)35-13-6-5-12-33(35)38/h3-26H,1-2H3. The third kappa shape index (κ3) is 3.44. The minimum Gasteiger partial charge on any atom is -0.0619 e. The minimum atomic E-state index is 0.00233. The normalized spacial score (nSPS) is 13.5. The molecule has 0 unspecified atom stereocenters. The summed E-state index contributed by atoms with van der Waals surface area (Å²) >= 11 is 0. The van der Waals surface area contributed by atoms with E-state index in [1.54, 1.807) is 0 Å². The maximum Gasteiger partial charge on any atom is 0.0159 e. The van der Waals surface area contributed by atoms with Crippen molar-refractivity contribution < 1.29 is 0 Å². The van der Waals surface area contributed by atoms with Gasteiger partial charge >= 0.3 is 0 Å². The van der Waals surface area contributed by atoms with Crippen molar-refractivity contribution in [2.45, 2.75) is 19.3 Å². The van der Waals surface area contributed by atoms with E-state index in [1.165, 1.54) is 87.6 Å². The third-order valence-corrected chi connectivity index (χ3v) is 9.86. The molecule has 0 aliphatic heterocycles. The topological polar surface area (TPSA) is 0 Å². The number of benzene rings is 8. The van der Waals surface area contributed by atoms with Crippen LogP contribution in [0.4, 0.5) is 0 Å². The van der Waals surface area contributed by atoms with Crippen molar-refractivity contribution in [1.82, 2.24) is 0 Å². The SMILES string of the molecule is CC1(C)c2ccccc2-c2c(-c3ccc(-c4cc5ccc6c7ccccc7ccc6c5c5ccccc45)cc3)cccc21. The summed E-state index contributed by atoms with van der Waals surface area (Å²) in [4.78, 5) is 0. The molecular weight excluding hydrogens is 516 g/mol. The summed E-state index contributed by atoms with van der Waals surface area (Å²) in [6.07, 6.45) is 0. The number of fused-ring (bicyclic) bond motifs is 10. The first-order valence-electron chi connectivity index (χ1n) is 15.2. The average molecular weight is 547 g/mol. The zero-order valence-electron chi connectivity index (χ0n) is 24.4. The van der Waals surface area contributed by atoms with Crippen LogP contribution in [0.25, 0.3) is 76.5 Å². The van der Waals surface area contributed by atoms with E-state index in [0.717, 1.165) is 0 Å². The largest absolute Gasteiger partial charge is 0.0619 e. The summed E-state index contributed by atoms with van der Waals surface area (Å²) in [5, 5.41) is 10.4. The van der Waals surface area contributed by atoms with Gasteiger partial charge in [-0.1, -0.05) is 153 Å². The summed E-state index contributed by atoms with van der Waals surface area (Å²) in [7, 11) is 0. The van der Waals surface area contributed by atoms with Crippen molar-refractivity contribution in [1.29, 1.82) is 0 Å². The molecule has 8 aromatic rings. The summed E-state index contributed by atoms with van der Waals surface area (Å²) in [5.74, 6) is 0. The van der Waals surface area contributed by atoms with Crippen LogP contribution in [0.1, 0.15) is 25.0 Å². The fourth-order valence-electron chi connectivity index (χ4n) is 7.76.